The molecular formula is C14H20FNO4S. The number of halogens is 1. The van der Waals surface area contributed by atoms with Crippen LogP contribution in [0.1, 0.15) is 42.6 Å². The molecule has 0 bridgehead atoms. The van der Waals surface area contributed by atoms with Crippen molar-refractivity contribution in [1.82, 2.24) is 4.72 Å². The van der Waals surface area contributed by atoms with Crippen molar-refractivity contribution in [3.05, 3.63) is 29.1 Å². The summed E-state index contributed by atoms with van der Waals surface area (Å²) in [4.78, 5) is 10.6. The molecule has 0 amide bonds. The predicted molar refractivity (Wildman–Crippen MR) is 77.4 cm³/mol. The highest BCUT2D eigenvalue weighted by molar-refractivity contribution is 7.89. The lowest BCUT2D eigenvalue weighted by atomic mass is 10.1. The first-order chi connectivity index (χ1) is 9.65. The Morgan fingerprint density at radius 2 is 2.00 bits per heavy atom. The van der Waals surface area contributed by atoms with E-state index >= 15 is 0 Å². The zero-order valence-corrected chi connectivity index (χ0v) is 13.1. The number of hydrogen-bond donors (Lipinski definition) is 2. The number of carbonyl (C=O) groups is 1. The second kappa shape index (κ2) is 7.00. The van der Waals surface area contributed by atoms with Crippen molar-refractivity contribution in [1.29, 1.82) is 0 Å². The molecular weight excluding hydrogens is 297 g/mol. The average Bonchev–Trinajstić information content (AvgIpc) is 2.37. The van der Waals surface area contributed by atoms with Crippen molar-refractivity contribution in [2.24, 2.45) is 5.92 Å². The normalized spacial score (nSPS) is 11.9. The van der Waals surface area contributed by atoms with Crippen LogP contribution in [0.2, 0.25) is 0 Å². The van der Waals surface area contributed by atoms with Gasteiger partial charge in [-0.1, -0.05) is 13.8 Å². The van der Waals surface area contributed by atoms with Gasteiger partial charge in [0.05, 0.1) is 10.5 Å². The van der Waals surface area contributed by atoms with Gasteiger partial charge in [0.25, 0.3) is 0 Å². The highest BCUT2D eigenvalue weighted by Crippen LogP contribution is 2.20. The average molecular weight is 317 g/mol. The van der Waals surface area contributed by atoms with Crippen molar-refractivity contribution in [3.8, 4) is 0 Å². The fraction of sp³-hybridized carbons (Fsp3) is 0.500. The third-order valence-corrected chi connectivity index (χ3v) is 4.67. The zero-order valence-electron chi connectivity index (χ0n) is 12.3. The van der Waals surface area contributed by atoms with Gasteiger partial charge in [0.1, 0.15) is 5.82 Å². The summed E-state index contributed by atoms with van der Waals surface area (Å²) >= 11 is 0. The molecule has 1 aromatic rings. The van der Waals surface area contributed by atoms with Gasteiger partial charge in [0.15, 0.2) is 0 Å². The van der Waals surface area contributed by atoms with Crippen LogP contribution in [0, 0.1) is 18.7 Å². The second-order valence-corrected chi connectivity index (χ2v) is 7.06. The van der Waals surface area contributed by atoms with E-state index in [1.54, 1.807) is 0 Å². The standard InChI is InChI=1S/C14H20FNO4S/c1-9(2)5-4-6-16-21(19,20)13-8-11(14(17)18)7-12(15)10(13)3/h7-9,16H,4-6H2,1-3H3,(H,17,18). The van der Waals surface area contributed by atoms with Crippen molar-refractivity contribution >= 4 is 16.0 Å². The Morgan fingerprint density at radius 3 is 2.52 bits per heavy atom. The van der Waals surface area contributed by atoms with Crippen LogP contribution < -0.4 is 4.72 Å². The molecule has 0 heterocycles. The van der Waals surface area contributed by atoms with Crippen molar-refractivity contribution in [2.75, 3.05) is 6.54 Å². The first-order valence-corrected chi connectivity index (χ1v) is 8.16. The number of carboxylic acids is 1. The molecule has 21 heavy (non-hydrogen) atoms. The molecule has 1 aromatic carbocycles. The molecule has 0 aromatic heterocycles. The van der Waals surface area contributed by atoms with Crippen LogP contribution in [-0.2, 0) is 10.0 Å². The first-order valence-electron chi connectivity index (χ1n) is 6.68. The minimum Gasteiger partial charge on any atom is -0.478 e. The molecule has 0 aliphatic rings. The monoisotopic (exact) mass is 317 g/mol. The molecule has 0 radical (unpaired) electrons. The Balaban J connectivity index is 2.99. The van der Waals surface area contributed by atoms with E-state index in [1.165, 1.54) is 6.92 Å². The Labute approximate surface area is 124 Å². The summed E-state index contributed by atoms with van der Waals surface area (Å²) in [6, 6.07) is 1.79. The molecule has 0 fully saturated rings. The van der Waals surface area contributed by atoms with Crippen LogP contribution in [0.5, 0.6) is 0 Å². The van der Waals surface area contributed by atoms with Crippen LogP contribution in [0.4, 0.5) is 4.39 Å². The topological polar surface area (TPSA) is 83.5 Å². The van der Waals surface area contributed by atoms with E-state index in [9.17, 15) is 17.6 Å². The van der Waals surface area contributed by atoms with Gasteiger partial charge in [-0.15, -0.1) is 0 Å². The molecule has 0 saturated carbocycles. The van der Waals surface area contributed by atoms with Crippen LogP contribution >= 0.6 is 0 Å². The molecule has 0 atom stereocenters. The minimum absolute atomic E-state index is 0.0867. The summed E-state index contributed by atoms with van der Waals surface area (Å²) in [5.74, 6) is -1.76. The van der Waals surface area contributed by atoms with E-state index in [4.69, 9.17) is 5.11 Å². The Hall–Kier alpha value is -1.47. The number of carboxylic acid groups (broad SMARTS) is 1. The minimum atomic E-state index is -3.92. The first kappa shape index (κ1) is 17.6. The summed E-state index contributed by atoms with van der Waals surface area (Å²) < 4.78 is 40.4. The molecule has 0 spiro atoms. The fourth-order valence-electron chi connectivity index (χ4n) is 1.85. The smallest absolute Gasteiger partial charge is 0.335 e. The summed E-state index contributed by atoms with van der Waals surface area (Å²) in [5, 5.41) is 8.88. The van der Waals surface area contributed by atoms with Gasteiger partial charge in [-0.05, 0) is 37.8 Å². The maximum atomic E-state index is 13.7. The van der Waals surface area contributed by atoms with E-state index in [2.05, 4.69) is 4.72 Å². The highest BCUT2D eigenvalue weighted by atomic mass is 32.2. The van der Waals surface area contributed by atoms with Gasteiger partial charge in [-0.25, -0.2) is 22.3 Å². The fourth-order valence-corrected chi connectivity index (χ4v) is 3.20. The third-order valence-electron chi connectivity index (χ3n) is 3.08. The van der Waals surface area contributed by atoms with Crippen molar-refractivity contribution in [2.45, 2.75) is 38.5 Å². The maximum absolute atomic E-state index is 13.7. The van der Waals surface area contributed by atoms with Crippen LogP contribution in [-0.4, -0.2) is 26.0 Å². The highest BCUT2D eigenvalue weighted by Gasteiger charge is 2.21. The number of benzene rings is 1. The van der Waals surface area contributed by atoms with Gasteiger partial charge in [-0.2, -0.15) is 0 Å². The van der Waals surface area contributed by atoms with Gasteiger partial charge < -0.3 is 5.11 Å². The molecule has 7 heteroatoms. The largest absolute Gasteiger partial charge is 0.478 e. The molecule has 2 N–H and O–H groups in total. The Kier molecular flexibility index (Phi) is 5.86. The Bertz CT molecular complexity index is 626. The van der Waals surface area contributed by atoms with Gasteiger partial charge in [0, 0.05) is 12.1 Å². The van der Waals surface area contributed by atoms with Crippen molar-refractivity contribution in [3.63, 3.8) is 0 Å². The summed E-state index contributed by atoms with van der Waals surface area (Å²) in [5.41, 5.74) is -0.475. The van der Waals surface area contributed by atoms with Gasteiger partial charge >= 0.3 is 5.97 Å². The number of rotatable bonds is 7. The van der Waals surface area contributed by atoms with Crippen molar-refractivity contribution < 1.29 is 22.7 Å². The van der Waals surface area contributed by atoms with Gasteiger partial charge in [0.2, 0.25) is 10.0 Å². The maximum Gasteiger partial charge on any atom is 0.335 e. The third kappa shape index (κ3) is 4.78. The molecule has 0 unspecified atom stereocenters. The van der Waals surface area contributed by atoms with E-state index in [0.717, 1.165) is 18.6 Å². The van der Waals surface area contributed by atoms with Crippen LogP contribution in [0.25, 0.3) is 0 Å². The SMILES string of the molecule is Cc1c(F)cc(C(=O)O)cc1S(=O)(=O)NCCCC(C)C. The van der Waals surface area contributed by atoms with Crippen LogP contribution in [0.3, 0.4) is 0 Å². The lowest BCUT2D eigenvalue weighted by molar-refractivity contribution is 0.0696. The molecule has 5 nitrogen and oxygen atoms in total. The second-order valence-electron chi connectivity index (χ2n) is 5.32. The molecule has 0 aliphatic heterocycles. The number of nitrogens with one attached hydrogen (secondary N) is 1. The lowest BCUT2D eigenvalue weighted by Gasteiger charge is -2.11. The molecule has 0 saturated heterocycles. The number of hydrogen-bond acceptors (Lipinski definition) is 3. The lowest BCUT2D eigenvalue weighted by Crippen LogP contribution is -2.26. The molecule has 1 rings (SSSR count). The number of sulfonamides is 1. The zero-order chi connectivity index (χ0) is 16.2. The van der Waals surface area contributed by atoms with E-state index in [-0.39, 0.29) is 22.6 Å². The number of aromatic carboxylic acids is 1. The molecule has 118 valence electrons. The van der Waals surface area contributed by atoms with Crippen LogP contribution in [0.15, 0.2) is 17.0 Å². The van der Waals surface area contributed by atoms with E-state index in [0.29, 0.717) is 12.3 Å². The summed E-state index contributed by atoms with van der Waals surface area (Å²) in [7, 11) is -3.92. The van der Waals surface area contributed by atoms with E-state index in [1.807, 2.05) is 13.8 Å². The summed E-state index contributed by atoms with van der Waals surface area (Å²) in [6.07, 6.45) is 1.53. The van der Waals surface area contributed by atoms with Gasteiger partial charge in [-0.3, -0.25) is 0 Å². The quantitative estimate of drug-likeness (QED) is 0.757. The molecule has 0 aliphatic carbocycles. The van der Waals surface area contributed by atoms with E-state index < -0.39 is 21.8 Å². The summed E-state index contributed by atoms with van der Waals surface area (Å²) in [6.45, 7) is 5.61. The Morgan fingerprint density at radius 1 is 1.38 bits per heavy atom. The predicted octanol–water partition coefficient (Wildman–Crippen LogP) is 2.55.